The molecule has 0 unspecified atom stereocenters. The van der Waals surface area contributed by atoms with E-state index in [2.05, 4.69) is 16.9 Å². The van der Waals surface area contributed by atoms with Crippen molar-refractivity contribution in [3.8, 4) is 11.8 Å². The summed E-state index contributed by atoms with van der Waals surface area (Å²) in [5.74, 6) is -0.698. The molecule has 0 aliphatic heterocycles. The molecule has 5 heteroatoms. The lowest BCUT2D eigenvalue weighted by Crippen LogP contribution is -2.10. The molecule has 1 amide bonds. The average molecular weight is 210 g/mol. The normalized spacial score (nSPS) is 9.93. The van der Waals surface area contributed by atoms with Gasteiger partial charge < -0.3 is 15.5 Å². The lowest BCUT2D eigenvalue weighted by atomic mass is 10.2. The standard InChI is InChI=1S/C10H14N2O3/c1-3-5-7(13)11-8-6(4-2)9(14)12-10(8)15/h4,12,14-15H,2-3,5H2,1H3,(H,11,13). The number of carbonyl (C=O) groups is 1. The molecule has 0 bridgehead atoms. The number of aromatic amines is 1. The smallest absolute Gasteiger partial charge is 0.224 e. The Morgan fingerprint density at radius 2 is 2.20 bits per heavy atom. The fourth-order valence-electron chi connectivity index (χ4n) is 1.24. The molecule has 0 radical (unpaired) electrons. The lowest BCUT2D eigenvalue weighted by molar-refractivity contribution is -0.116. The minimum atomic E-state index is -0.271. The largest absolute Gasteiger partial charge is 0.494 e. The van der Waals surface area contributed by atoms with Crippen LogP contribution in [0.4, 0.5) is 5.69 Å². The molecule has 0 aromatic carbocycles. The number of hydrogen-bond donors (Lipinski definition) is 4. The van der Waals surface area contributed by atoms with Gasteiger partial charge in [0.25, 0.3) is 0 Å². The second kappa shape index (κ2) is 4.54. The third-order valence-corrected chi connectivity index (χ3v) is 1.94. The highest BCUT2D eigenvalue weighted by Crippen LogP contribution is 2.35. The molecule has 15 heavy (non-hydrogen) atoms. The van der Waals surface area contributed by atoms with E-state index in [1.54, 1.807) is 0 Å². The van der Waals surface area contributed by atoms with Crippen molar-refractivity contribution in [3.05, 3.63) is 12.1 Å². The summed E-state index contributed by atoms with van der Waals surface area (Å²) in [6.07, 6.45) is 2.43. The molecular weight excluding hydrogens is 196 g/mol. The van der Waals surface area contributed by atoms with E-state index in [0.29, 0.717) is 12.8 Å². The van der Waals surface area contributed by atoms with Gasteiger partial charge in [-0.25, -0.2) is 0 Å². The van der Waals surface area contributed by atoms with Gasteiger partial charge in [-0.3, -0.25) is 9.78 Å². The van der Waals surface area contributed by atoms with Crippen LogP contribution in [0.15, 0.2) is 6.58 Å². The first-order valence-corrected chi connectivity index (χ1v) is 4.66. The van der Waals surface area contributed by atoms with Crippen molar-refractivity contribution in [2.75, 3.05) is 5.32 Å². The number of aromatic hydroxyl groups is 2. The average Bonchev–Trinajstić information content (AvgIpc) is 2.42. The maximum absolute atomic E-state index is 11.3. The van der Waals surface area contributed by atoms with E-state index in [1.807, 2.05) is 6.92 Å². The van der Waals surface area contributed by atoms with E-state index >= 15 is 0 Å². The Morgan fingerprint density at radius 1 is 1.53 bits per heavy atom. The van der Waals surface area contributed by atoms with Gasteiger partial charge in [0, 0.05) is 6.42 Å². The number of carbonyl (C=O) groups excluding carboxylic acids is 1. The number of rotatable bonds is 4. The van der Waals surface area contributed by atoms with Gasteiger partial charge in [-0.2, -0.15) is 0 Å². The SMILES string of the molecule is C=Cc1c(O)[nH]c(O)c1NC(=O)CCC. The number of H-pyrrole nitrogens is 1. The minimum Gasteiger partial charge on any atom is -0.494 e. The summed E-state index contributed by atoms with van der Waals surface area (Å²) in [6.45, 7) is 5.35. The lowest BCUT2D eigenvalue weighted by Gasteiger charge is -2.03. The van der Waals surface area contributed by atoms with E-state index in [9.17, 15) is 15.0 Å². The Morgan fingerprint density at radius 3 is 2.73 bits per heavy atom. The number of nitrogens with one attached hydrogen (secondary N) is 2. The molecular formula is C10H14N2O3. The zero-order chi connectivity index (χ0) is 11.4. The number of hydrogen-bond acceptors (Lipinski definition) is 3. The topological polar surface area (TPSA) is 85.3 Å². The zero-order valence-corrected chi connectivity index (χ0v) is 8.50. The number of amides is 1. The van der Waals surface area contributed by atoms with Crippen molar-refractivity contribution in [2.24, 2.45) is 0 Å². The van der Waals surface area contributed by atoms with Gasteiger partial charge >= 0.3 is 0 Å². The molecule has 0 saturated carbocycles. The highest BCUT2D eigenvalue weighted by Gasteiger charge is 2.15. The summed E-state index contributed by atoms with van der Waals surface area (Å²) in [7, 11) is 0. The summed E-state index contributed by atoms with van der Waals surface area (Å²) >= 11 is 0. The summed E-state index contributed by atoms with van der Waals surface area (Å²) in [5, 5.41) is 21.2. The van der Waals surface area contributed by atoms with E-state index in [4.69, 9.17) is 0 Å². The van der Waals surface area contributed by atoms with Crippen LogP contribution in [-0.2, 0) is 4.79 Å². The van der Waals surface area contributed by atoms with Gasteiger partial charge in [0.15, 0.2) is 0 Å². The first kappa shape index (κ1) is 11.2. The van der Waals surface area contributed by atoms with Gasteiger partial charge in [0.2, 0.25) is 17.7 Å². The van der Waals surface area contributed by atoms with Crippen LogP contribution in [0, 0.1) is 0 Å². The summed E-state index contributed by atoms with van der Waals surface area (Å²) < 4.78 is 0. The molecule has 1 rings (SSSR count). The van der Waals surface area contributed by atoms with Crippen LogP contribution < -0.4 is 5.32 Å². The fraction of sp³-hybridized carbons (Fsp3) is 0.300. The molecule has 4 N–H and O–H groups in total. The first-order valence-electron chi connectivity index (χ1n) is 4.66. The maximum Gasteiger partial charge on any atom is 0.224 e. The minimum absolute atomic E-state index is 0.168. The van der Waals surface area contributed by atoms with Gasteiger partial charge in [0.05, 0.1) is 5.56 Å². The van der Waals surface area contributed by atoms with Gasteiger partial charge in [-0.1, -0.05) is 19.6 Å². The Labute approximate surface area is 87.4 Å². The molecule has 1 aromatic heterocycles. The van der Waals surface area contributed by atoms with Crippen molar-refractivity contribution < 1.29 is 15.0 Å². The van der Waals surface area contributed by atoms with E-state index < -0.39 is 0 Å². The molecule has 5 nitrogen and oxygen atoms in total. The zero-order valence-electron chi connectivity index (χ0n) is 8.50. The Balaban J connectivity index is 2.93. The third kappa shape index (κ3) is 2.31. The second-order valence-electron chi connectivity index (χ2n) is 3.11. The van der Waals surface area contributed by atoms with Crippen molar-refractivity contribution in [3.63, 3.8) is 0 Å². The van der Waals surface area contributed by atoms with Crippen LogP contribution >= 0.6 is 0 Å². The molecule has 0 atom stereocenters. The number of aromatic nitrogens is 1. The van der Waals surface area contributed by atoms with Crippen molar-refractivity contribution in [1.29, 1.82) is 0 Å². The maximum atomic E-state index is 11.3. The first-order chi connectivity index (χ1) is 7.10. The molecule has 1 heterocycles. The van der Waals surface area contributed by atoms with Gasteiger partial charge in [0.1, 0.15) is 5.69 Å². The summed E-state index contributed by atoms with van der Waals surface area (Å²) in [5.41, 5.74) is 0.456. The molecule has 0 fully saturated rings. The summed E-state index contributed by atoms with van der Waals surface area (Å²) in [4.78, 5) is 13.6. The van der Waals surface area contributed by atoms with Gasteiger partial charge in [-0.15, -0.1) is 0 Å². The molecule has 0 aliphatic carbocycles. The third-order valence-electron chi connectivity index (χ3n) is 1.94. The van der Waals surface area contributed by atoms with Crippen LogP contribution in [0.25, 0.3) is 6.08 Å². The van der Waals surface area contributed by atoms with Crippen molar-refractivity contribution >= 4 is 17.7 Å². The number of anilines is 1. The van der Waals surface area contributed by atoms with Crippen LogP contribution in [0.1, 0.15) is 25.3 Å². The predicted octanol–water partition coefficient (Wildman–Crippen LogP) is 1.81. The predicted molar refractivity (Wildman–Crippen MR) is 57.8 cm³/mol. The molecule has 0 saturated heterocycles. The van der Waals surface area contributed by atoms with E-state index in [-0.39, 0.29) is 28.9 Å². The quantitative estimate of drug-likeness (QED) is 0.611. The Hall–Kier alpha value is -1.91. The van der Waals surface area contributed by atoms with Crippen LogP contribution in [0.3, 0.4) is 0 Å². The van der Waals surface area contributed by atoms with E-state index in [0.717, 1.165) is 0 Å². The van der Waals surface area contributed by atoms with Crippen molar-refractivity contribution in [1.82, 2.24) is 4.98 Å². The summed E-state index contributed by atoms with van der Waals surface area (Å²) in [6, 6.07) is 0. The second-order valence-corrected chi connectivity index (χ2v) is 3.11. The van der Waals surface area contributed by atoms with Crippen LogP contribution in [0.2, 0.25) is 0 Å². The van der Waals surface area contributed by atoms with Crippen LogP contribution in [-0.4, -0.2) is 21.1 Å². The Bertz CT molecular complexity index is 382. The highest BCUT2D eigenvalue weighted by atomic mass is 16.3. The molecule has 1 aromatic rings. The highest BCUT2D eigenvalue weighted by molar-refractivity contribution is 5.95. The van der Waals surface area contributed by atoms with Gasteiger partial charge in [-0.05, 0) is 6.42 Å². The molecule has 0 spiro atoms. The monoisotopic (exact) mass is 210 g/mol. The van der Waals surface area contributed by atoms with Crippen LogP contribution in [0.5, 0.6) is 11.8 Å². The van der Waals surface area contributed by atoms with E-state index in [1.165, 1.54) is 6.08 Å². The fourth-order valence-corrected chi connectivity index (χ4v) is 1.24. The Kier molecular flexibility index (Phi) is 3.38. The molecule has 0 aliphatic rings. The van der Waals surface area contributed by atoms with Crippen molar-refractivity contribution in [2.45, 2.75) is 19.8 Å². The molecule has 82 valence electrons.